The fourth-order valence-electron chi connectivity index (χ4n) is 3.68. The van der Waals surface area contributed by atoms with Crippen LogP contribution in [-0.4, -0.2) is 55.7 Å². The third-order valence-electron chi connectivity index (χ3n) is 5.80. The Labute approximate surface area is 223 Å². The standard InChI is InChI=1S/C26H34ClN3O3S.ClH/c1-5-8-9-18-33-20-12-10-19(11-13-20)25(31)30(17-16-29(6-2)7-3)26-28-23-22(32-4)15-14-21(27)24(23)34-26;/h10-15H,5-9,16-18H2,1-4H3;1H. The van der Waals surface area contributed by atoms with Crippen molar-refractivity contribution in [2.24, 2.45) is 0 Å². The van der Waals surface area contributed by atoms with Crippen LogP contribution < -0.4 is 14.4 Å². The maximum absolute atomic E-state index is 13.6. The second-order valence-electron chi connectivity index (χ2n) is 7.99. The number of fused-ring (bicyclic) bond motifs is 1. The van der Waals surface area contributed by atoms with Crippen molar-refractivity contribution in [3.05, 3.63) is 47.0 Å². The number of hydrogen-bond acceptors (Lipinski definition) is 6. The highest BCUT2D eigenvalue weighted by Gasteiger charge is 2.23. The molecule has 0 aliphatic carbocycles. The van der Waals surface area contributed by atoms with E-state index in [2.05, 4.69) is 25.7 Å². The summed E-state index contributed by atoms with van der Waals surface area (Å²) in [4.78, 5) is 22.4. The topological polar surface area (TPSA) is 54.9 Å². The lowest BCUT2D eigenvalue weighted by molar-refractivity contribution is 0.0983. The van der Waals surface area contributed by atoms with Gasteiger partial charge in [0.1, 0.15) is 17.0 Å². The second-order valence-corrected chi connectivity index (χ2v) is 9.37. The lowest BCUT2D eigenvalue weighted by Gasteiger charge is -2.24. The molecule has 0 saturated carbocycles. The summed E-state index contributed by atoms with van der Waals surface area (Å²) in [5.41, 5.74) is 1.27. The number of benzene rings is 2. The van der Waals surface area contributed by atoms with Crippen LogP contribution >= 0.6 is 35.3 Å². The molecule has 0 spiro atoms. The van der Waals surface area contributed by atoms with Gasteiger partial charge in [0, 0.05) is 18.7 Å². The van der Waals surface area contributed by atoms with Crippen LogP contribution in [0.2, 0.25) is 5.02 Å². The Kier molecular flexibility index (Phi) is 12.1. The van der Waals surface area contributed by atoms with Gasteiger partial charge in [0.15, 0.2) is 5.13 Å². The van der Waals surface area contributed by atoms with E-state index in [0.717, 1.165) is 49.3 Å². The molecular weight excluding hydrogens is 505 g/mol. The molecule has 0 aliphatic rings. The first-order valence-corrected chi connectivity index (χ1v) is 13.1. The van der Waals surface area contributed by atoms with Crippen LogP contribution in [0.4, 0.5) is 5.13 Å². The highest BCUT2D eigenvalue weighted by Crippen LogP contribution is 2.39. The first-order chi connectivity index (χ1) is 16.5. The van der Waals surface area contributed by atoms with E-state index < -0.39 is 0 Å². The SMILES string of the molecule is CCCCCOc1ccc(C(=O)N(CCN(CC)CC)c2nc3c(OC)ccc(Cl)c3s2)cc1.Cl. The minimum atomic E-state index is -0.0983. The molecule has 0 atom stereocenters. The molecule has 3 rings (SSSR count). The first-order valence-electron chi connectivity index (χ1n) is 11.9. The van der Waals surface area contributed by atoms with E-state index >= 15 is 0 Å². The number of halogens is 2. The molecule has 1 heterocycles. The quantitative estimate of drug-likeness (QED) is 0.220. The van der Waals surface area contributed by atoms with Crippen LogP contribution in [0.25, 0.3) is 10.2 Å². The molecule has 9 heteroatoms. The number of unbranched alkanes of at least 4 members (excludes halogenated alkanes) is 2. The molecule has 192 valence electrons. The van der Waals surface area contributed by atoms with Crippen LogP contribution in [0.3, 0.4) is 0 Å². The normalized spacial score (nSPS) is 10.9. The fraction of sp³-hybridized carbons (Fsp3) is 0.462. The van der Waals surface area contributed by atoms with Crippen molar-refractivity contribution >= 4 is 56.6 Å². The van der Waals surface area contributed by atoms with Crippen LogP contribution in [-0.2, 0) is 0 Å². The number of methoxy groups -OCH3 is 1. The molecule has 35 heavy (non-hydrogen) atoms. The summed E-state index contributed by atoms with van der Waals surface area (Å²) in [6.45, 7) is 10.2. The van der Waals surface area contributed by atoms with Gasteiger partial charge >= 0.3 is 0 Å². The third kappa shape index (κ3) is 7.46. The molecule has 0 fully saturated rings. The molecule has 0 aliphatic heterocycles. The summed E-state index contributed by atoms with van der Waals surface area (Å²) in [6.07, 6.45) is 3.33. The summed E-state index contributed by atoms with van der Waals surface area (Å²) in [6, 6.07) is 11.0. The predicted octanol–water partition coefficient (Wildman–Crippen LogP) is 6.94. The van der Waals surface area contributed by atoms with Crippen molar-refractivity contribution < 1.29 is 14.3 Å². The van der Waals surface area contributed by atoms with Gasteiger partial charge in [0.2, 0.25) is 0 Å². The Bertz CT molecular complexity index is 1070. The second kappa shape index (κ2) is 14.5. The van der Waals surface area contributed by atoms with Gasteiger partial charge in [-0.2, -0.15) is 0 Å². The minimum Gasteiger partial charge on any atom is -0.494 e. The average molecular weight is 541 g/mol. The maximum atomic E-state index is 13.6. The van der Waals surface area contributed by atoms with E-state index in [9.17, 15) is 4.79 Å². The van der Waals surface area contributed by atoms with Crippen molar-refractivity contribution in [2.75, 3.05) is 44.8 Å². The van der Waals surface area contributed by atoms with Gasteiger partial charge in [-0.25, -0.2) is 4.98 Å². The molecule has 0 saturated heterocycles. The number of ether oxygens (including phenoxy) is 2. The average Bonchev–Trinajstić information content (AvgIpc) is 3.31. The number of aromatic nitrogens is 1. The van der Waals surface area contributed by atoms with E-state index in [4.69, 9.17) is 26.1 Å². The zero-order chi connectivity index (χ0) is 24.5. The molecular formula is C26H35Cl2N3O3S. The largest absolute Gasteiger partial charge is 0.494 e. The zero-order valence-corrected chi connectivity index (χ0v) is 23.3. The van der Waals surface area contributed by atoms with E-state index in [0.29, 0.717) is 40.1 Å². The summed E-state index contributed by atoms with van der Waals surface area (Å²) in [5.74, 6) is 1.32. The van der Waals surface area contributed by atoms with Gasteiger partial charge in [-0.1, -0.05) is 56.6 Å². The number of carbonyl (C=O) groups is 1. The Balaban J connectivity index is 0.00000432. The summed E-state index contributed by atoms with van der Waals surface area (Å²) >= 11 is 7.85. The van der Waals surface area contributed by atoms with Gasteiger partial charge < -0.3 is 14.4 Å². The highest BCUT2D eigenvalue weighted by molar-refractivity contribution is 7.23. The number of thiazole rings is 1. The van der Waals surface area contributed by atoms with E-state index in [1.54, 1.807) is 24.1 Å². The summed E-state index contributed by atoms with van der Waals surface area (Å²) in [7, 11) is 1.61. The molecule has 6 nitrogen and oxygen atoms in total. The first kappa shape index (κ1) is 29.2. The van der Waals surface area contributed by atoms with E-state index in [1.807, 2.05) is 24.3 Å². The molecule has 1 amide bonds. The molecule has 0 N–H and O–H groups in total. The maximum Gasteiger partial charge on any atom is 0.260 e. The number of carbonyl (C=O) groups excluding carboxylic acids is 1. The van der Waals surface area contributed by atoms with Crippen LogP contribution in [0.1, 0.15) is 50.4 Å². The Morgan fingerprint density at radius 1 is 1.03 bits per heavy atom. The molecule has 3 aromatic rings. The summed E-state index contributed by atoms with van der Waals surface area (Å²) in [5, 5.41) is 1.21. The molecule has 0 bridgehead atoms. The van der Waals surface area contributed by atoms with Gasteiger partial charge in [0.05, 0.1) is 23.4 Å². The van der Waals surface area contributed by atoms with Gasteiger partial charge in [0.25, 0.3) is 5.91 Å². The fourth-order valence-corrected chi connectivity index (χ4v) is 4.96. The van der Waals surface area contributed by atoms with E-state index in [-0.39, 0.29) is 18.3 Å². The lowest BCUT2D eigenvalue weighted by atomic mass is 10.2. The monoisotopic (exact) mass is 539 g/mol. The molecule has 0 radical (unpaired) electrons. The molecule has 1 aromatic heterocycles. The van der Waals surface area contributed by atoms with Crippen LogP contribution in [0, 0.1) is 0 Å². The van der Waals surface area contributed by atoms with Crippen molar-refractivity contribution in [2.45, 2.75) is 40.0 Å². The lowest BCUT2D eigenvalue weighted by Crippen LogP contribution is -2.38. The number of amides is 1. The number of rotatable bonds is 13. The molecule has 2 aromatic carbocycles. The van der Waals surface area contributed by atoms with Gasteiger partial charge in [-0.15, -0.1) is 12.4 Å². The third-order valence-corrected chi connectivity index (χ3v) is 7.33. The smallest absolute Gasteiger partial charge is 0.260 e. The van der Waals surface area contributed by atoms with E-state index in [1.165, 1.54) is 11.3 Å². The minimum absolute atomic E-state index is 0. The Hall–Kier alpha value is -2.06. The number of nitrogens with zero attached hydrogens (tertiary/aromatic N) is 3. The predicted molar refractivity (Wildman–Crippen MR) is 149 cm³/mol. The number of hydrogen-bond donors (Lipinski definition) is 0. The van der Waals surface area contributed by atoms with Crippen molar-refractivity contribution in [1.29, 1.82) is 0 Å². The van der Waals surface area contributed by atoms with Crippen molar-refractivity contribution in [1.82, 2.24) is 9.88 Å². The van der Waals surface area contributed by atoms with Gasteiger partial charge in [-0.3, -0.25) is 9.69 Å². The highest BCUT2D eigenvalue weighted by atomic mass is 35.5. The van der Waals surface area contributed by atoms with Crippen LogP contribution in [0.5, 0.6) is 11.5 Å². The van der Waals surface area contributed by atoms with Gasteiger partial charge in [-0.05, 0) is 55.9 Å². The zero-order valence-electron chi connectivity index (χ0n) is 20.9. The number of anilines is 1. The van der Waals surface area contributed by atoms with Crippen molar-refractivity contribution in [3.8, 4) is 11.5 Å². The summed E-state index contributed by atoms with van der Waals surface area (Å²) < 4.78 is 12.1. The Morgan fingerprint density at radius 2 is 1.74 bits per heavy atom. The molecule has 0 unspecified atom stereocenters. The number of likely N-dealkylation sites (N-methyl/N-ethyl adjacent to an activating group) is 1. The Morgan fingerprint density at radius 3 is 2.37 bits per heavy atom. The van der Waals surface area contributed by atoms with Crippen LogP contribution in [0.15, 0.2) is 36.4 Å². The van der Waals surface area contributed by atoms with Crippen molar-refractivity contribution in [3.63, 3.8) is 0 Å².